The van der Waals surface area contributed by atoms with Gasteiger partial charge in [0, 0.05) is 155 Å². The van der Waals surface area contributed by atoms with E-state index in [0.717, 1.165) is 0 Å². The first-order valence-electron chi connectivity index (χ1n) is 0. The predicted molar refractivity (Wildman–Crippen MR) is 28.4 cm³/mol. The van der Waals surface area contributed by atoms with Crippen LogP contribution in [0, 0.1) is 0 Å². The van der Waals surface area contributed by atoms with Crippen molar-refractivity contribution in [1.29, 1.82) is 0 Å². The maximum Gasteiger partial charge on any atom is 0 e. The van der Waals surface area contributed by atoms with Gasteiger partial charge in [-0.05, 0) is 0 Å². The molecule has 0 aromatic rings. The monoisotopic (exact) mass is 256 g/mol. The van der Waals surface area contributed by atoms with Crippen LogP contribution in [0.4, 0.5) is 0 Å². The summed E-state index contributed by atoms with van der Waals surface area (Å²) in [5, 5.41) is 0. The van der Waals surface area contributed by atoms with E-state index in [2.05, 4.69) is 0 Å². The molecule has 0 aliphatic carbocycles. The van der Waals surface area contributed by atoms with Gasteiger partial charge in [-0.1, -0.05) is 0 Å². The van der Waals surface area contributed by atoms with E-state index in [1.807, 2.05) is 0 Å². The van der Waals surface area contributed by atoms with E-state index in [0.29, 0.717) is 0 Å². The maximum atomic E-state index is 0. The molecule has 1 atom stereocenters. The Hall–Kier alpha value is 5.47. The molecule has 6 heteroatoms. The molecule has 0 saturated carbocycles. The zero-order chi connectivity index (χ0) is 0. The first kappa shape index (κ1) is 42.0. The second-order valence-electron chi connectivity index (χ2n) is 0. The molecule has 0 saturated heterocycles. The minimum atomic E-state index is 0. The molecule has 0 bridgehead atoms. The minimum absolute atomic E-state index is 0. The third kappa shape index (κ3) is 22.7. The van der Waals surface area contributed by atoms with Crippen molar-refractivity contribution in [2.24, 2.45) is 0 Å². The zero-order valence-corrected chi connectivity index (χ0v) is 17.3. The summed E-state index contributed by atoms with van der Waals surface area (Å²) in [6.45, 7) is 0. The topological polar surface area (TPSA) is 0 Å². The van der Waals surface area contributed by atoms with Gasteiger partial charge in [-0.3, -0.25) is 0 Å². The maximum absolute atomic E-state index is 0. The van der Waals surface area contributed by atoms with E-state index >= 15 is 0 Å². The van der Waals surface area contributed by atoms with E-state index < -0.39 is 0 Å². The first-order chi connectivity index (χ1) is 0. The summed E-state index contributed by atoms with van der Waals surface area (Å²) in [5.74, 6) is 0. The number of hydrogen-bond donors (Lipinski definition) is 0. The van der Waals surface area contributed by atoms with Crippen molar-refractivity contribution in [2.75, 3.05) is 0 Å². The quantitative estimate of drug-likeness (QED) is 0.382. The van der Waals surface area contributed by atoms with Crippen LogP contribution in [0.1, 0.15) is 0 Å². The summed E-state index contributed by atoms with van der Waals surface area (Å²) in [7, 11) is 0. The largest absolute Gasteiger partial charge is 0.153 e. The van der Waals surface area contributed by atoms with Gasteiger partial charge in [0.05, 0.1) is 0 Å². The number of rotatable bonds is 0. The summed E-state index contributed by atoms with van der Waals surface area (Å²) in [5.41, 5.74) is 0. The standard InChI is InChI=1S/Ca.Fe.K.Na.H3P.Zn/h;;;;1H3;. The van der Waals surface area contributed by atoms with Gasteiger partial charge in [-0.25, -0.2) is 0 Å². The van der Waals surface area contributed by atoms with Crippen molar-refractivity contribution in [2.45, 2.75) is 0 Å². The molecule has 22 valence electrons. The third-order valence-electron chi connectivity index (χ3n) is 0. The van der Waals surface area contributed by atoms with Crippen molar-refractivity contribution in [1.82, 2.24) is 0 Å². The van der Waals surface area contributed by atoms with Gasteiger partial charge in [0.1, 0.15) is 0 Å². The van der Waals surface area contributed by atoms with Crippen LogP contribution in [0.25, 0.3) is 0 Å². The van der Waals surface area contributed by atoms with Gasteiger partial charge in [0.2, 0.25) is 0 Å². The average molecular weight is 257 g/mol. The Morgan fingerprint density at radius 1 is 1.00 bits per heavy atom. The molecule has 0 heterocycles. The third-order valence-corrected chi connectivity index (χ3v) is 0. The molecule has 0 amide bonds. The molecule has 0 spiro atoms. The molecule has 1 unspecified atom stereocenters. The van der Waals surface area contributed by atoms with Crippen LogP contribution >= 0.6 is 9.90 Å². The normalized spacial score (nSPS) is 0. The van der Waals surface area contributed by atoms with Crippen LogP contribution in [0.15, 0.2) is 0 Å². The van der Waals surface area contributed by atoms with Crippen molar-refractivity contribution in [3.8, 4) is 0 Å². The summed E-state index contributed by atoms with van der Waals surface area (Å²) >= 11 is 0. The Morgan fingerprint density at radius 2 is 1.00 bits per heavy atom. The molecular weight excluding hydrogens is 254 g/mol. The van der Waals surface area contributed by atoms with E-state index in [4.69, 9.17) is 0 Å². The second kappa shape index (κ2) is 31.4. The Balaban J connectivity index is 0. The van der Waals surface area contributed by atoms with Crippen LogP contribution < -0.4 is 0 Å². The van der Waals surface area contributed by atoms with Crippen LogP contribution in [0.3, 0.4) is 0 Å². The van der Waals surface area contributed by atoms with E-state index in [-0.39, 0.29) is 165 Å². The number of hydrogen-bond acceptors (Lipinski definition) is 0. The minimum Gasteiger partial charge on any atom is -0.153 e. The second-order valence-corrected chi connectivity index (χ2v) is 0. The summed E-state index contributed by atoms with van der Waals surface area (Å²) in [6.07, 6.45) is 0. The molecule has 0 aromatic heterocycles. The summed E-state index contributed by atoms with van der Waals surface area (Å²) in [6, 6.07) is 0. The Kier molecular flexibility index (Phi) is 220. The molecule has 0 aliphatic heterocycles. The summed E-state index contributed by atoms with van der Waals surface area (Å²) in [4.78, 5) is 0. The molecule has 0 fully saturated rings. The van der Waals surface area contributed by atoms with Gasteiger partial charge >= 0.3 is 0 Å². The van der Waals surface area contributed by atoms with Gasteiger partial charge < -0.3 is 0 Å². The smallest absolute Gasteiger partial charge is 0 e. The van der Waals surface area contributed by atoms with Crippen LogP contribution in [0.5, 0.6) is 0 Å². The Bertz CT molecular complexity index is 15.5. The fourth-order valence-electron chi connectivity index (χ4n) is 0. The van der Waals surface area contributed by atoms with E-state index in [1.54, 1.807) is 0 Å². The predicted octanol–water partition coefficient (Wildman–Crippen LogP) is -1.09. The summed E-state index contributed by atoms with van der Waals surface area (Å²) < 4.78 is 0. The molecule has 0 N–H and O–H groups in total. The first-order valence-corrected chi connectivity index (χ1v) is 0. The zero-order valence-electron chi connectivity index (χ0n) is 4.47. The van der Waals surface area contributed by atoms with Crippen molar-refractivity contribution in [3.05, 3.63) is 0 Å². The molecule has 4 radical (unpaired) electrons. The van der Waals surface area contributed by atoms with Gasteiger partial charge in [0.25, 0.3) is 0 Å². The molecule has 0 rings (SSSR count). The van der Waals surface area contributed by atoms with Crippen molar-refractivity contribution >= 4 is 129 Å². The van der Waals surface area contributed by atoms with Gasteiger partial charge in [0.15, 0.2) is 0 Å². The molecule has 0 aromatic carbocycles. The Labute approximate surface area is 160 Å². The molecule has 0 nitrogen and oxygen atoms in total. The van der Waals surface area contributed by atoms with Gasteiger partial charge in [-0.15, -0.1) is 0 Å². The van der Waals surface area contributed by atoms with Crippen LogP contribution in [0.2, 0.25) is 0 Å². The Morgan fingerprint density at radius 3 is 1.00 bits per heavy atom. The molecule has 0 aliphatic rings. The fraction of sp³-hybridized carbons (Fsp3) is 0. The SMILES string of the molecule is P.[Ca].[Fe].[K].[Na].[Zn]. The van der Waals surface area contributed by atoms with Gasteiger partial charge in [-0.2, -0.15) is 9.90 Å². The molecular formula is H3CaFeKNaPZn. The molecule has 6 heavy (non-hydrogen) atoms. The average Bonchev–Trinajstić information content (AvgIpc) is 0. The van der Waals surface area contributed by atoms with Crippen LogP contribution in [-0.4, -0.2) is 119 Å². The van der Waals surface area contributed by atoms with E-state index in [9.17, 15) is 0 Å². The van der Waals surface area contributed by atoms with Crippen molar-refractivity contribution in [3.63, 3.8) is 0 Å². The van der Waals surface area contributed by atoms with Crippen LogP contribution in [-0.2, 0) is 36.5 Å². The van der Waals surface area contributed by atoms with Crippen molar-refractivity contribution < 1.29 is 36.5 Å². The van der Waals surface area contributed by atoms with E-state index in [1.165, 1.54) is 0 Å². The fourth-order valence-corrected chi connectivity index (χ4v) is 0.